The quantitative estimate of drug-likeness (QED) is 0.714. The predicted octanol–water partition coefficient (Wildman–Crippen LogP) is 3.27. The van der Waals surface area contributed by atoms with Gasteiger partial charge >= 0.3 is 0 Å². The molecule has 2 rings (SSSR count). The van der Waals surface area contributed by atoms with Crippen molar-refractivity contribution < 1.29 is 0 Å². The molecule has 0 radical (unpaired) electrons. The normalized spacial score (nSPS) is 20.2. The summed E-state index contributed by atoms with van der Waals surface area (Å²) in [4.78, 5) is 7.20. The third-order valence-electron chi connectivity index (χ3n) is 3.49. The predicted molar refractivity (Wildman–Crippen MR) is 70.1 cm³/mol. The Labute approximate surface area is 102 Å². The molecule has 1 aliphatic rings. The second kappa shape index (κ2) is 4.02. The third-order valence-corrected chi connectivity index (χ3v) is 5.04. The van der Waals surface area contributed by atoms with Crippen molar-refractivity contribution in [3.63, 3.8) is 0 Å². The topological polar surface area (TPSA) is 17.3 Å². The van der Waals surface area contributed by atoms with Crippen LogP contribution < -0.4 is 4.80 Å². The van der Waals surface area contributed by atoms with E-state index in [9.17, 15) is 0 Å². The van der Waals surface area contributed by atoms with Crippen LogP contribution in [0.5, 0.6) is 0 Å². The van der Waals surface area contributed by atoms with Crippen molar-refractivity contribution >= 4 is 11.3 Å². The molecule has 0 aliphatic heterocycles. The van der Waals surface area contributed by atoms with Crippen LogP contribution in [0, 0.1) is 0 Å². The largest absolute Gasteiger partial charge is 0.318 e. The van der Waals surface area contributed by atoms with Crippen LogP contribution in [0.1, 0.15) is 57.1 Å². The number of hydrogen-bond acceptors (Lipinski definition) is 2. The molecule has 0 saturated heterocycles. The Morgan fingerprint density at radius 2 is 2.06 bits per heavy atom. The summed E-state index contributed by atoms with van der Waals surface area (Å²) in [7, 11) is 1.91. The maximum Gasteiger partial charge on any atom is 0.185 e. The minimum atomic E-state index is 0.345. The molecule has 0 aromatic carbocycles. The highest BCUT2D eigenvalue weighted by atomic mass is 32.1. The Morgan fingerprint density at radius 1 is 1.38 bits per heavy atom. The van der Waals surface area contributed by atoms with Gasteiger partial charge in [0.15, 0.2) is 4.80 Å². The second-order valence-corrected chi connectivity index (χ2v) is 6.56. The summed E-state index contributed by atoms with van der Waals surface area (Å²) in [5.41, 5.74) is 1.88. The lowest BCUT2D eigenvalue weighted by Crippen LogP contribution is -2.25. The van der Waals surface area contributed by atoms with Crippen molar-refractivity contribution in [1.29, 1.82) is 0 Å². The van der Waals surface area contributed by atoms with Crippen molar-refractivity contribution in [1.82, 2.24) is 4.57 Å². The van der Waals surface area contributed by atoms with Gasteiger partial charge in [-0.15, -0.1) is 11.3 Å². The number of thiazole rings is 1. The molecule has 0 saturated carbocycles. The Hall–Kier alpha value is -0.570. The van der Waals surface area contributed by atoms with E-state index in [4.69, 9.17) is 0 Å². The molecular weight excluding hydrogens is 216 g/mol. The molecule has 1 heterocycles. The number of fused-ring (bicyclic) bond motifs is 1. The van der Waals surface area contributed by atoms with E-state index in [1.165, 1.54) is 29.8 Å². The Balaban J connectivity index is 2.69. The van der Waals surface area contributed by atoms with E-state index in [0.717, 1.165) is 0 Å². The van der Waals surface area contributed by atoms with Gasteiger partial charge < -0.3 is 4.57 Å². The minimum absolute atomic E-state index is 0.345. The van der Waals surface area contributed by atoms with Gasteiger partial charge in [-0.1, -0.05) is 13.8 Å². The van der Waals surface area contributed by atoms with Crippen molar-refractivity contribution in [2.45, 2.75) is 58.4 Å². The van der Waals surface area contributed by atoms with Crippen LogP contribution in [-0.2, 0) is 11.8 Å². The van der Waals surface area contributed by atoms with Gasteiger partial charge in [-0.05, 0) is 33.1 Å². The van der Waals surface area contributed by atoms with Gasteiger partial charge in [0.25, 0.3) is 0 Å². The van der Waals surface area contributed by atoms with E-state index in [1.807, 2.05) is 18.4 Å². The van der Waals surface area contributed by atoms with Crippen molar-refractivity contribution in [3.05, 3.63) is 15.4 Å². The highest BCUT2D eigenvalue weighted by Crippen LogP contribution is 2.39. The van der Waals surface area contributed by atoms with Gasteiger partial charge in [-0.3, -0.25) is 4.99 Å². The fourth-order valence-corrected chi connectivity index (χ4v) is 4.07. The van der Waals surface area contributed by atoms with E-state index in [1.54, 1.807) is 4.88 Å². The first-order valence-corrected chi connectivity index (χ1v) is 6.96. The van der Waals surface area contributed by atoms with Crippen molar-refractivity contribution in [3.8, 4) is 0 Å². The van der Waals surface area contributed by atoms with E-state index in [-0.39, 0.29) is 0 Å². The van der Waals surface area contributed by atoms with Crippen LogP contribution in [-0.4, -0.2) is 11.6 Å². The summed E-state index contributed by atoms with van der Waals surface area (Å²) in [6, 6.07) is 0.521. The van der Waals surface area contributed by atoms with E-state index in [2.05, 4.69) is 37.3 Å². The van der Waals surface area contributed by atoms with Gasteiger partial charge in [-0.25, -0.2) is 0 Å². The molecule has 90 valence electrons. The van der Waals surface area contributed by atoms with Crippen LogP contribution in [0.25, 0.3) is 0 Å². The fourth-order valence-electron chi connectivity index (χ4n) is 2.68. The average molecular weight is 238 g/mol. The first kappa shape index (κ1) is 11.9. The van der Waals surface area contributed by atoms with Crippen LogP contribution in [0.3, 0.4) is 0 Å². The lowest BCUT2D eigenvalue weighted by molar-refractivity contribution is 0.419. The number of aromatic nitrogens is 1. The zero-order valence-corrected chi connectivity index (χ0v) is 11.8. The van der Waals surface area contributed by atoms with Gasteiger partial charge in [0.05, 0.1) is 0 Å². The maximum absolute atomic E-state index is 4.44. The van der Waals surface area contributed by atoms with Crippen molar-refractivity contribution in [2.75, 3.05) is 7.05 Å². The summed E-state index contributed by atoms with van der Waals surface area (Å²) < 4.78 is 2.43. The fraction of sp³-hybridized carbons (Fsp3) is 0.769. The average Bonchev–Trinajstić information content (AvgIpc) is 2.57. The molecule has 16 heavy (non-hydrogen) atoms. The summed E-state index contributed by atoms with van der Waals surface area (Å²) >= 11 is 1.89. The first-order valence-electron chi connectivity index (χ1n) is 6.15. The molecule has 1 aliphatic carbocycles. The lowest BCUT2D eigenvalue weighted by Gasteiger charge is -2.30. The van der Waals surface area contributed by atoms with Crippen LogP contribution in [0.15, 0.2) is 4.99 Å². The van der Waals surface area contributed by atoms with E-state index in [0.29, 0.717) is 11.5 Å². The molecule has 0 unspecified atom stereocenters. The standard InChI is InChI=1S/C13H22N2S/c1-9(2)15-10-7-6-8-13(3,4)11(10)16-12(15)14-5/h9H,6-8H2,1-5H3. The van der Waals surface area contributed by atoms with Crippen LogP contribution in [0.2, 0.25) is 0 Å². The SMILES string of the molecule is CN=c1sc2c(n1C(C)C)CCCC2(C)C. The van der Waals surface area contributed by atoms with Gasteiger partial charge in [0.2, 0.25) is 0 Å². The van der Waals surface area contributed by atoms with Gasteiger partial charge in [-0.2, -0.15) is 0 Å². The molecule has 0 spiro atoms. The van der Waals surface area contributed by atoms with E-state index >= 15 is 0 Å². The highest BCUT2D eigenvalue weighted by Gasteiger charge is 2.31. The zero-order valence-electron chi connectivity index (χ0n) is 11.0. The number of hydrogen-bond donors (Lipinski definition) is 0. The molecule has 0 atom stereocenters. The van der Waals surface area contributed by atoms with Crippen LogP contribution >= 0.6 is 11.3 Å². The molecular formula is C13H22N2S. The Bertz CT molecular complexity index is 449. The summed E-state index contributed by atoms with van der Waals surface area (Å²) in [6.45, 7) is 9.24. The molecule has 3 heteroatoms. The lowest BCUT2D eigenvalue weighted by atomic mass is 9.79. The molecule has 0 bridgehead atoms. The monoisotopic (exact) mass is 238 g/mol. The van der Waals surface area contributed by atoms with Crippen LogP contribution in [0.4, 0.5) is 0 Å². The highest BCUT2D eigenvalue weighted by molar-refractivity contribution is 7.09. The molecule has 0 amide bonds. The minimum Gasteiger partial charge on any atom is -0.318 e. The summed E-state index contributed by atoms with van der Waals surface area (Å²) in [5.74, 6) is 0. The molecule has 2 nitrogen and oxygen atoms in total. The summed E-state index contributed by atoms with van der Waals surface area (Å²) in [5, 5.41) is 0. The van der Waals surface area contributed by atoms with E-state index < -0.39 is 0 Å². The van der Waals surface area contributed by atoms with Crippen molar-refractivity contribution in [2.24, 2.45) is 4.99 Å². The van der Waals surface area contributed by atoms with Gasteiger partial charge in [0.1, 0.15) is 0 Å². The smallest absolute Gasteiger partial charge is 0.185 e. The number of rotatable bonds is 1. The zero-order chi connectivity index (χ0) is 11.9. The first-order chi connectivity index (χ1) is 7.47. The second-order valence-electron chi connectivity index (χ2n) is 5.59. The molecule has 0 fully saturated rings. The third kappa shape index (κ3) is 1.75. The summed E-state index contributed by atoms with van der Waals surface area (Å²) in [6.07, 6.45) is 3.84. The molecule has 1 aromatic rings. The molecule has 1 aromatic heterocycles. The molecule has 0 N–H and O–H groups in total. The van der Waals surface area contributed by atoms with Gasteiger partial charge in [0, 0.05) is 29.1 Å². The Morgan fingerprint density at radius 3 is 2.62 bits per heavy atom. The Kier molecular flexibility index (Phi) is 2.99. The maximum atomic E-state index is 4.44. The number of nitrogens with zero attached hydrogens (tertiary/aromatic N) is 2.